The predicted octanol–water partition coefficient (Wildman–Crippen LogP) is 3.37. The normalized spacial score (nSPS) is 11.7. The lowest BCUT2D eigenvalue weighted by molar-refractivity contribution is 0.790. The van der Waals surface area contributed by atoms with E-state index in [9.17, 15) is 0 Å². The number of aromatic nitrogens is 1. The molecule has 2 aromatic rings. The Hall–Kier alpha value is -1.40. The molecule has 2 aromatic heterocycles. The van der Waals surface area contributed by atoms with Gasteiger partial charge in [0.15, 0.2) is 5.96 Å². The Balaban J connectivity index is 1.82. The number of aryl methyl sites for hydroxylation is 2. The number of thiazole rings is 1. The number of thiophene rings is 1. The minimum Gasteiger partial charge on any atom is -0.357 e. The first-order chi connectivity index (χ1) is 10.7. The Morgan fingerprint density at radius 1 is 1.27 bits per heavy atom. The summed E-state index contributed by atoms with van der Waals surface area (Å²) in [5.41, 5.74) is 1.17. The number of hydrogen-bond donors (Lipinski definition) is 2. The van der Waals surface area contributed by atoms with Crippen LogP contribution in [0.2, 0.25) is 0 Å². The maximum absolute atomic E-state index is 4.64. The van der Waals surface area contributed by atoms with Crippen molar-refractivity contribution in [2.45, 2.75) is 40.2 Å². The molecule has 0 aliphatic carbocycles. The van der Waals surface area contributed by atoms with Crippen LogP contribution in [0.4, 0.5) is 0 Å². The summed E-state index contributed by atoms with van der Waals surface area (Å²) in [6.07, 6.45) is 1.95. The van der Waals surface area contributed by atoms with E-state index < -0.39 is 0 Å². The van der Waals surface area contributed by atoms with Gasteiger partial charge < -0.3 is 10.6 Å². The molecule has 120 valence electrons. The van der Waals surface area contributed by atoms with Gasteiger partial charge in [-0.3, -0.25) is 0 Å². The lowest BCUT2D eigenvalue weighted by Crippen LogP contribution is -2.38. The van der Waals surface area contributed by atoms with Crippen LogP contribution in [0.1, 0.15) is 34.3 Å². The quantitative estimate of drug-likeness (QED) is 0.602. The van der Waals surface area contributed by atoms with Gasteiger partial charge in [0.05, 0.1) is 17.2 Å². The second-order valence-electron chi connectivity index (χ2n) is 4.97. The van der Waals surface area contributed by atoms with Crippen molar-refractivity contribution in [1.82, 2.24) is 15.6 Å². The molecule has 0 spiro atoms. The molecule has 0 bridgehead atoms. The highest BCUT2D eigenvalue weighted by Gasteiger charge is 2.02. The second kappa shape index (κ2) is 8.90. The zero-order valence-corrected chi connectivity index (χ0v) is 15.1. The molecule has 2 N–H and O–H groups in total. The number of hydrogen-bond acceptors (Lipinski definition) is 4. The van der Waals surface area contributed by atoms with E-state index in [0.717, 1.165) is 38.4 Å². The van der Waals surface area contributed by atoms with Crippen LogP contribution in [0, 0.1) is 6.92 Å². The summed E-state index contributed by atoms with van der Waals surface area (Å²) in [6, 6.07) is 4.29. The van der Waals surface area contributed by atoms with Crippen LogP contribution >= 0.6 is 22.7 Å². The third-order valence-corrected chi connectivity index (χ3v) is 5.14. The van der Waals surface area contributed by atoms with E-state index in [1.807, 2.05) is 0 Å². The van der Waals surface area contributed by atoms with E-state index in [0.29, 0.717) is 0 Å². The van der Waals surface area contributed by atoms with Crippen molar-refractivity contribution in [1.29, 1.82) is 0 Å². The van der Waals surface area contributed by atoms with Gasteiger partial charge in [-0.15, -0.1) is 22.7 Å². The number of guanidine groups is 1. The monoisotopic (exact) mass is 336 g/mol. The maximum Gasteiger partial charge on any atom is 0.191 e. The van der Waals surface area contributed by atoms with Crippen LogP contribution in [0.25, 0.3) is 0 Å². The van der Waals surface area contributed by atoms with Crippen LogP contribution in [0.5, 0.6) is 0 Å². The fourth-order valence-electron chi connectivity index (χ4n) is 2.00. The Labute approximate surface area is 140 Å². The van der Waals surface area contributed by atoms with Crippen molar-refractivity contribution in [3.8, 4) is 0 Å². The minimum absolute atomic E-state index is 0.727. The molecule has 2 rings (SSSR count). The lowest BCUT2D eigenvalue weighted by Gasteiger charge is -2.10. The highest BCUT2D eigenvalue weighted by Crippen LogP contribution is 2.15. The van der Waals surface area contributed by atoms with Gasteiger partial charge in [-0.25, -0.2) is 9.98 Å². The van der Waals surface area contributed by atoms with Crippen molar-refractivity contribution in [3.63, 3.8) is 0 Å². The van der Waals surface area contributed by atoms with Crippen molar-refractivity contribution < 1.29 is 0 Å². The zero-order chi connectivity index (χ0) is 15.8. The van der Waals surface area contributed by atoms with Crippen LogP contribution < -0.4 is 10.6 Å². The van der Waals surface area contributed by atoms with E-state index in [-0.39, 0.29) is 0 Å². The molecule has 0 aliphatic rings. The van der Waals surface area contributed by atoms with Gasteiger partial charge in [-0.05, 0) is 32.4 Å². The smallest absolute Gasteiger partial charge is 0.191 e. The third-order valence-electron chi connectivity index (χ3n) is 3.11. The second-order valence-corrected chi connectivity index (χ2v) is 7.29. The molecular weight excluding hydrogens is 312 g/mol. The summed E-state index contributed by atoms with van der Waals surface area (Å²) < 4.78 is 0. The number of aliphatic imine (C=N–C) groups is 1. The molecule has 6 heteroatoms. The van der Waals surface area contributed by atoms with Crippen molar-refractivity contribution in [3.05, 3.63) is 38.0 Å². The molecule has 0 unspecified atom stereocenters. The number of nitrogens with one attached hydrogen (secondary N) is 2. The Bertz CT molecular complexity index is 601. The molecule has 0 aromatic carbocycles. The molecule has 0 saturated carbocycles. The fraction of sp³-hybridized carbons (Fsp3) is 0.500. The molecule has 22 heavy (non-hydrogen) atoms. The molecule has 0 atom stereocenters. The van der Waals surface area contributed by atoms with E-state index >= 15 is 0 Å². The molecule has 0 saturated heterocycles. The van der Waals surface area contributed by atoms with Gasteiger partial charge in [0, 0.05) is 34.6 Å². The van der Waals surface area contributed by atoms with Gasteiger partial charge in [-0.2, -0.15) is 0 Å². The first-order valence-electron chi connectivity index (χ1n) is 7.72. The number of rotatable bonds is 7. The van der Waals surface area contributed by atoms with Crippen molar-refractivity contribution >= 4 is 28.6 Å². The molecule has 0 radical (unpaired) electrons. The summed E-state index contributed by atoms with van der Waals surface area (Å²) in [5.74, 6) is 0.875. The minimum atomic E-state index is 0.727. The molecule has 0 fully saturated rings. The highest BCUT2D eigenvalue weighted by molar-refractivity contribution is 7.11. The Kier molecular flexibility index (Phi) is 6.86. The van der Waals surface area contributed by atoms with E-state index in [1.54, 1.807) is 22.7 Å². The Morgan fingerprint density at radius 3 is 2.77 bits per heavy atom. The van der Waals surface area contributed by atoms with Crippen LogP contribution in [0.15, 0.2) is 22.5 Å². The van der Waals surface area contributed by atoms with Gasteiger partial charge >= 0.3 is 0 Å². The van der Waals surface area contributed by atoms with Crippen molar-refractivity contribution in [2.24, 2.45) is 4.99 Å². The van der Waals surface area contributed by atoms with E-state index in [1.165, 1.54) is 20.5 Å². The average molecular weight is 337 g/mol. The maximum atomic E-state index is 4.64. The summed E-state index contributed by atoms with van der Waals surface area (Å²) in [6.45, 7) is 8.79. The van der Waals surface area contributed by atoms with Crippen molar-refractivity contribution in [2.75, 3.05) is 13.1 Å². The van der Waals surface area contributed by atoms with Gasteiger partial charge in [0.2, 0.25) is 0 Å². The molecule has 4 nitrogen and oxygen atoms in total. The van der Waals surface area contributed by atoms with Crippen LogP contribution in [0.3, 0.4) is 0 Å². The summed E-state index contributed by atoms with van der Waals surface area (Å²) in [7, 11) is 0. The first-order valence-corrected chi connectivity index (χ1v) is 9.41. The van der Waals surface area contributed by atoms with E-state index in [2.05, 4.69) is 58.9 Å². The summed E-state index contributed by atoms with van der Waals surface area (Å²) in [5, 5.41) is 10.0. The number of nitrogens with zero attached hydrogens (tertiary/aromatic N) is 2. The molecule has 2 heterocycles. The van der Waals surface area contributed by atoms with Crippen LogP contribution in [-0.4, -0.2) is 24.0 Å². The SMILES string of the molecule is CCNC(=NCc1ccc(C)s1)NCCc1csc(CC)n1. The average Bonchev–Trinajstić information content (AvgIpc) is 3.13. The zero-order valence-electron chi connectivity index (χ0n) is 13.5. The Morgan fingerprint density at radius 2 is 2.14 bits per heavy atom. The molecule has 0 aliphatic heterocycles. The summed E-state index contributed by atoms with van der Waals surface area (Å²) in [4.78, 5) is 11.8. The third kappa shape index (κ3) is 5.42. The summed E-state index contributed by atoms with van der Waals surface area (Å²) >= 11 is 3.55. The molecular formula is C16H24N4S2. The lowest BCUT2D eigenvalue weighted by atomic mass is 10.3. The van der Waals surface area contributed by atoms with Crippen LogP contribution in [-0.2, 0) is 19.4 Å². The van der Waals surface area contributed by atoms with Gasteiger partial charge in [0.1, 0.15) is 0 Å². The molecule has 0 amide bonds. The predicted molar refractivity (Wildman–Crippen MR) is 97.1 cm³/mol. The fourth-order valence-corrected chi connectivity index (χ4v) is 3.60. The highest BCUT2D eigenvalue weighted by atomic mass is 32.1. The van der Waals surface area contributed by atoms with Gasteiger partial charge in [0.25, 0.3) is 0 Å². The van der Waals surface area contributed by atoms with E-state index in [4.69, 9.17) is 0 Å². The topological polar surface area (TPSA) is 49.3 Å². The first kappa shape index (κ1) is 17.0. The van der Waals surface area contributed by atoms with Gasteiger partial charge in [-0.1, -0.05) is 6.92 Å². The standard InChI is InChI=1S/C16H24N4S2/c1-4-15-20-13(11-21-15)8-9-18-16(17-5-2)19-10-14-7-6-12(3)22-14/h6-7,11H,4-5,8-10H2,1-3H3,(H2,17,18,19). The largest absolute Gasteiger partial charge is 0.357 e.